The molecule has 0 bridgehead atoms. The molecular weight excluding hydrogens is 422 g/mol. The average molecular weight is 440 g/mol. The molecule has 28 heavy (non-hydrogen) atoms. The zero-order valence-corrected chi connectivity index (χ0v) is 17.0. The van der Waals surface area contributed by atoms with Crippen molar-refractivity contribution in [3.8, 4) is 11.4 Å². The summed E-state index contributed by atoms with van der Waals surface area (Å²) in [5.41, 5.74) is 2.80. The first-order valence-electron chi connectivity index (χ1n) is 8.81. The van der Waals surface area contributed by atoms with Gasteiger partial charge in [0.2, 0.25) is 5.91 Å². The smallest absolute Gasteiger partial charge is 0.226 e. The van der Waals surface area contributed by atoms with Gasteiger partial charge in [-0.25, -0.2) is 4.68 Å². The summed E-state index contributed by atoms with van der Waals surface area (Å²) in [4.78, 5) is 25.6. The van der Waals surface area contributed by atoms with Crippen molar-refractivity contribution in [3.63, 3.8) is 0 Å². The molecule has 4 rings (SSSR count). The van der Waals surface area contributed by atoms with E-state index in [4.69, 9.17) is 4.74 Å². The van der Waals surface area contributed by atoms with E-state index in [1.807, 2.05) is 31.2 Å². The number of hydrogen-bond acceptors (Lipinski definition) is 4. The number of ether oxygens (including phenoxy) is 1. The van der Waals surface area contributed by atoms with Crippen molar-refractivity contribution >= 4 is 33.4 Å². The number of carbonyl (C=O) groups excluding carboxylic acids is 2. The summed E-state index contributed by atoms with van der Waals surface area (Å²) in [6.07, 6.45) is 0.0932. The van der Waals surface area contributed by atoms with E-state index in [-0.39, 0.29) is 18.1 Å². The number of amides is 1. The third-order valence-electron chi connectivity index (χ3n) is 4.84. The number of aryl methyl sites for hydroxylation is 1. The molecule has 6 nitrogen and oxygen atoms in total. The molecule has 0 fully saturated rings. The number of ketones is 1. The fourth-order valence-electron chi connectivity index (χ4n) is 3.52. The number of nitrogens with zero attached hydrogens (tertiary/aromatic N) is 2. The van der Waals surface area contributed by atoms with Crippen LogP contribution in [0.1, 0.15) is 34.0 Å². The molecule has 0 spiro atoms. The number of anilines is 1. The molecular formula is C21H18BrN3O3. The number of nitrogens with one attached hydrogen (secondary N) is 1. The Morgan fingerprint density at radius 2 is 2.00 bits per heavy atom. The van der Waals surface area contributed by atoms with E-state index in [1.54, 1.807) is 36.1 Å². The van der Waals surface area contributed by atoms with Gasteiger partial charge in [-0.2, -0.15) is 5.10 Å². The van der Waals surface area contributed by atoms with Gasteiger partial charge in [0.25, 0.3) is 0 Å². The summed E-state index contributed by atoms with van der Waals surface area (Å²) in [6.45, 7) is 1.86. The Hall–Kier alpha value is -2.93. The van der Waals surface area contributed by atoms with Crippen LogP contribution in [0.25, 0.3) is 5.69 Å². The number of Topliss-reactive ketones (excluding diaryl/α,β-unsaturated/α-hetero) is 1. The number of hydrogen-bond donors (Lipinski definition) is 1. The van der Waals surface area contributed by atoms with E-state index in [2.05, 4.69) is 26.3 Å². The van der Waals surface area contributed by atoms with E-state index >= 15 is 0 Å². The van der Waals surface area contributed by atoms with E-state index < -0.39 is 5.92 Å². The number of benzene rings is 2. The first-order chi connectivity index (χ1) is 13.5. The fraction of sp³-hybridized carbons (Fsp3) is 0.190. The van der Waals surface area contributed by atoms with Gasteiger partial charge < -0.3 is 10.1 Å². The van der Waals surface area contributed by atoms with E-state index in [0.29, 0.717) is 17.1 Å². The molecule has 2 aromatic carbocycles. The maximum atomic E-state index is 13.2. The van der Waals surface area contributed by atoms with E-state index in [0.717, 1.165) is 21.4 Å². The van der Waals surface area contributed by atoms with Crippen LogP contribution < -0.4 is 10.1 Å². The minimum atomic E-state index is -0.583. The highest BCUT2D eigenvalue weighted by Crippen LogP contribution is 2.38. The Morgan fingerprint density at radius 3 is 2.71 bits per heavy atom. The first-order valence-corrected chi connectivity index (χ1v) is 9.61. The molecule has 0 radical (unpaired) electrons. The number of methoxy groups -OCH3 is 1. The lowest BCUT2D eigenvalue weighted by atomic mass is 9.85. The molecule has 1 N–H and O–H groups in total. The SMILES string of the molecule is COc1cccc(C(=O)C2CC(=O)Nc3c2c(C)nn3-c2ccc(Br)cc2)c1. The normalized spacial score (nSPS) is 15.7. The number of rotatable bonds is 4. The molecule has 3 aromatic rings. The summed E-state index contributed by atoms with van der Waals surface area (Å²) in [5.74, 6) is 0.256. The largest absolute Gasteiger partial charge is 0.497 e. The third kappa shape index (κ3) is 3.22. The summed E-state index contributed by atoms with van der Waals surface area (Å²) in [6, 6.07) is 14.6. The number of fused-ring (bicyclic) bond motifs is 1. The van der Waals surface area contributed by atoms with Crippen molar-refractivity contribution in [1.29, 1.82) is 0 Å². The highest BCUT2D eigenvalue weighted by molar-refractivity contribution is 9.10. The van der Waals surface area contributed by atoms with Crippen LogP contribution >= 0.6 is 15.9 Å². The molecule has 1 aliphatic heterocycles. The van der Waals surface area contributed by atoms with Crippen molar-refractivity contribution in [1.82, 2.24) is 9.78 Å². The quantitative estimate of drug-likeness (QED) is 0.616. The molecule has 1 unspecified atom stereocenters. The molecule has 1 amide bonds. The number of aromatic nitrogens is 2. The van der Waals surface area contributed by atoms with Gasteiger partial charge in [-0.15, -0.1) is 0 Å². The summed E-state index contributed by atoms with van der Waals surface area (Å²) < 4.78 is 7.86. The minimum absolute atomic E-state index is 0.0932. The van der Waals surface area contributed by atoms with Gasteiger partial charge in [-0.3, -0.25) is 9.59 Å². The van der Waals surface area contributed by atoms with Crippen molar-refractivity contribution in [2.75, 3.05) is 12.4 Å². The van der Waals surface area contributed by atoms with Gasteiger partial charge in [0.05, 0.1) is 24.4 Å². The van der Waals surface area contributed by atoms with E-state index in [1.165, 1.54) is 0 Å². The Morgan fingerprint density at radius 1 is 1.25 bits per heavy atom. The molecule has 1 aliphatic rings. The van der Waals surface area contributed by atoms with Crippen LogP contribution in [0.15, 0.2) is 53.0 Å². The number of carbonyl (C=O) groups is 2. The van der Waals surface area contributed by atoms with Crippen molar-refractivity contribution in [3.05, 3.63) is 69.8 Å². The van der Waals surface area contributed by atoms with Gasteiger partial charge >= 0.3 is 0 Å². The van der Waals surface area contributed by atoms with Crippen LogP contribution in [-0.2, 0) is 4.79 Å². The van der Waals surface area contributed by atoms with Gasteiger partial charge in [0.15, 0.2) is 5.78 Å². The van der Waals surface area contributed by atoms with Gasteiger partial charge in [-0.1, -0.05) is 28.1 Å². The zero-order chi connectivity index (χ0) is 19.8. The Labute approximate surface area is 170 Å². The lowest BCUT2D eigenvalue weighted by Gasteiger charge is -2.23. The summed E-state index contributed by atoms with van der Waals surface area (Å²) in [7, 11) is 1.56. The fourth-order valence-corrected chi connectivity index (χ4v) is 3.78. The van der Waals surface area contributed by atoms with Gasteiger partial charge in [-0.05, 0) is 43.3 Å². The third-order valence-corrected chi connectivity index (χ3v) is 5.37. The second-order valence-corrected chi connectivity index (χ2v) is 7.55. The standard InChI is InChI=1S/C21H18BrN3O3/c1-12-19-17(20(27)13-4-3-5-16(10-13)28-2)11-18(26)23-21(19)25(24-12)15-8-6-14(22)7-9-15/h3-10,17H,11H2,1-2H3,(H,23,26). The predicted molar refractivity (Wildman–Crippen MR) is 109 cm³/mol. The second-order valence-electron chi connectivity index (χ2n) is 6.64. The van der Waals surface area contributed by atoms with Crippen LogP contribution in [0.3, 0.4) is 0 Å². The summed E-state index contributed by atoms with van der Waals surface area (Å²) in [5, 5.41) is 7.49. The maximum absolute atomic E-state index is 13.2. The average Bonchev–Trinajstić information content (AvgIpc) is 3.03. The second kappa shape index (κ2) is 7.24. The van der Waals surface area contributed by atoms with Crippen LogP contribution in [0.5, 0.6) is 5.75 Å². The summed E-state index contributed by atoms with van der Waals surface area (Å²) >= 11 is 3.42. The molecule has 1 aromatic heterocycles. The topological polar surface area (TPSA) is 73.2 Å². The molecule has 142 valence electrons. The Bertz CT molecular complexity index is 1070. The van der Waals surface area contributed by atoms with Crippen molar-refractivity contribution in [2.24, 2.45) is 0 Å². The van der Waals surface area contributed by atoms with Crippen molar-refractivity contribution < 1.29 is 14.3 Å². The van der Waals surface area contributed by atoms with Crippen LogP contribution in [-0.4, -0.2) is 28.6 Å². The van der Waals surface area contributed by atoms with Crippen LogP contribution in [0.4, 0.5) is 5.82 Å². The van der Waals surface area contributed by atoms with Crippen LogP contribution in [0.2, 0.25) is 0 Å². The molecule has 0 saturated carbocycles. The Kier molecular flexibility index (Phi) is 4.77. The van der Waals surface area contributed by atoms with Crippen molar-refractivity contribution in [2.45, 2.75) is 19.3 Å². The van der Waals surface area contributed by atoms with Gasteiger partial charge in [0.1, 0.15) is 11.6 Å². The molecule has 1 atom stereocenters. The molecule has 2 heterocycles. The van der Waals surface area contributed by atoms with E-state index in [9.17, 15) is 9.59 Å². The highest BCUT2D eigenvalue weighted by atomic mass is 79.9. The lowest BCUT2D eigenvalue weighted by molar-refractivity contribution is -0.116. The Balaban J connectivity index is 1.80. The zero-order valence-electron chi connectivity index (χ0n) is 15.4. The monoisotopic (exact) mass is 439 g/mol. The minimum Gasteiger partial charge on any atom is -0.497 e. The highest BCUT2D eigenvalue weighted by Gasteiger charge is 2.36. The number of halogens is 1. The van der Waals surface area contributed by atoms with Crippen LogP contribution in [0, 0.1) is 6.92 Å². The lowest BCUT2D eigenvalue weighted by Crippen LogP contribution is -2.28. The van der Waals surface area contributed by atoms with Gasteiger partial charge in [0, 0.05) is 22.0 Å². The molecule has 7 heteroatoms. The maximum Gasteiger partial charge on any atom is 0.226 e. The molecule has 0 saturated heterocycles. The molecule has 0 aliphatic carbocycles. The predicted octanol–water partition coefficient (Wildman–Crippen LogP) is 4.26. The first kappa shape index (κ1) is 18.4.